The van der Waals surface area contributed by atoms with Gasteiger partial charge in [-0.2, -0.15) is 0 Å². The van der Waals surface area contributed by atoms with E-state index in [-0.39, 0.29) is 0 Å². The molecule has 4 heteroatoms. The van der Waals surface area contributed by atoms with E-state index in [0.717, 1.165) is 24.9 Å². The van der Waals surface area contributed by atoms with Crippen molar-refractivity contribution < 1.29 is 4.74 Å². The van der Waals surface area contributed by atoms with E-state index in [1.165, 1.54) is 4.88 Å². The number of aryl methyl sites for hydroxylation is 1. The van der Waals surface area contributed by atoms with E-state index in [2.05, 4.69) is 23.7 Å². The number of nitrogens with zero attached hydrogens (tertiary/aromatic N) is 2. The molecule has 1 saturated heterocycles. The normalized spacial score (nSPS) is 23.5. The van der Waals surface area contributed by atoms with Gasteiger partial charge in [-0.15, -0.1) is 11.3 Å². The summed E-state index contributed by atoms with van der Waals surface area (Å²) in [7, 11) is 0. The average molecular weight is 198 g/mol. The molecule has 0 aromatic carbocycles. The fourth-order valence-corrected chi connectivity index (χ4v) is 2.37. The first-order valence-corrected chi connectivity index (χ1v) is 5.36. The van der Waals surface area contributed by atoms with Crippen molar-refractivity contribution >= 4 is 16.5 Å². The number of aromatic nitrogens is 1. The molecule has 1 aliphatic rings. The van der Waals surface area contributed by atoms with Gasteiger partial charge in [-0.25, -0.2) is 4.98 Å². The molecule has 1 fully saturated rings. The van der Waals surface area contributed by atoms with Gasteiger partial charge in [-0.1, -0.05) is 0 Å². The quantitative estimate of drug-likeness (QED) is 0.686. The van der Waals surface area contributed by atoms with E-state index in [0.29, 0.717) is 6.04 Å². The zero-order valence-corrected chi connectivity index (χ0v) is 8.80. The van der Waals surface area contributed by atoms with Crippen molar-refractivity contribution in [1.29, 1.82) is 0 Å². The molecule has 0 aliphatic carbocycles. The molecule has 2 heterocycles. The zero-order valence-electron chi connectivity index (χ0n) is 7.99. The van der Waals surface area contributed by atoms with Gasteiger partial charge in [0.05, 0.1) is 19.3 Å². The Morgan fingerprint density at radius 1 is 1.69 bits per heavy atom. The fourth-order valence-electron chi connectivity index (χ4n) is 1.49. The molecule has 1 atom stereocenters. The van der Waals surface area contributed by atoms with Crippen LogP contribution in [0.15, 0.2) is 6.20 Å². The standard InChI is InChI=1S/C9H14N2OS/c1-7-6-12-4-3-11(7)9-10-5-8(2)13-9/h5,7H,3-4,6H2,1-2H3/t7-/m1/s1. The van der Waals surface area contributed by atoms with Crippen LogP contribution in [0.2, 0.25) is 0 Å². The molecule has 13 heavy (non-hydrogen) atoms. The SMILES string of the molecule is Cc1cnc(N2CCOC[C@H]2C)s1. The van der Waals surface area contributed by atoms with Crippen LogP contribution in [0.4, 0.5) is 5.13 Å². The van der Waals surface area contributed by atoms with Crippen LogP contribution in [-0.4, -0.2) is 30.8 Å². The first-order chi connectivity index (χ1) is 6.27. The molecule has 72 valence electrons. The molecule has 1 aliphatic heterocycles. The highest BCUT2D eigenvalue weighted by Gasteiger charge is 2.20. The number of thiazole rings is 1. The van der Waals surface area contributed by atoms with Crippen molar-refractivity contribution in [2.24, 2.45) is 0 Å². The van der Waals surface area contributed by atoms with Crippen LogP contribution in [0, 0.1) is 6.92 Å². The largest absolute Gasteiger partial charge is 0.377 e. The highest BCUT2D eigenvalue weighted by atomic mass is 32.1. The lowest BCUT2D eigenvalue weighted by Crippen LogP contribution is -2.43. The minimum atomic E-state index is 0.458. The number of ether oxygens (including phenoxy) is 1. The van der Waals surface area contributed by atoms with E-state index >= 15 is 0 Å². The molecule has 0 bridgehead atoms. The third kappa shape index (κ3) is 1.84. The van der Waals surface area contributed by atoms with Gasteiger partial charge in [-0.3, -0.25) is 0 Å². The smallest absolute Gasteiger partial charge is 0.185 e. The van der Waals surface area contributed by atoms with Crippen molar-refractivity contribution in [3.05, 3.63) is 11.1 Å². The van der Waals surface area contributed by atoms with E-state index < -0.39 is 0 Å². The molecule has 0 N–H and O–H groups in total. The summed E-state index contributed by atoms with van der Waals surface area (Å²) in [6, 6.07) is 0.458. The molecule has 0 amide bonds. The van der Waals surface area contributed by atoms with Gasteiger partial charge in [0.2, 0.25) is 0 Å². The van der Waals surface area contributed by atoms with Crippen LogP contribution in [0.5, 0.6) is 0 Å². The fraction of sp³-hybridized carbons (Fsp3) is 0.667. The van der Waals surface area contributed by atoms with Gasteiger partial charge in [-0.05, 0) is 13.8 Å². The Bertz CT molecular complexity index is 287. The van der Waals surface area contributed by atoms with E-state index in [1.807, 2.05) is 6.20 Å². The van der Waals surface area contributed by atoms with Crippen molar-refractivity contribution in [3.63, 3.8) is 0 Å². The van der Waals surface area contributed by atoms with Crippen LogP contribution < -0.4 is 4.90 Å². The summed E-state index contributed by atoms with van der Waals surface area (Å²) >= 11 is 1.76. The Hall–Kier alpha value is -0.610. The van der Waals surface area contributed by atoms with Crippen molar-refractivity contribution in [2.75, 3.05) is 24.7 Å². The number of anilines is 1. The summed E-state index contributed by atoms with van der Waals surface area (Å²) in [6.07, 6.45) is 1.93. The van der Waals surface area contributed by atoms with E-state index in [1.54, 1.807) is 11.3 Å². The second-order valence-corrected chi connectivity index (χ2v) is 4.58. The summed E-state index contributed by atoms with van der Waals surface area (Å²) < 4.78 is 5.38. The molecule has 1 aromatic rings. The maximum absolute atomic E-state index is 5.38. The summed E-state index contributed by atoms with van der Waals surface area (Å²) in [5, 5.41) is 1.13. The molecule has 0 radical (unpaired) electrons. The first kappa shape index (κ1) is 8.97. The third-order valence-electron chi connectivity index (χ3n) is 2.22. The van der Waals surface area contributed by atoms with Crippen molar-refractivity contribution in [2.45, 2.75) is 19.9 Å². The molecular weight excluding hydrogens is 184 g/mol. The topological polar surface area (TPSA) is 25.4 Å². The predicted octanol–water partition coefficient (Wildman–Crippen LogP) is 1.68. The minimum absolute atomic E-state index is 0.458. The molecule has 1 aromatic heterocycles. The zero-order chi connectivity index (χ0) is 9.26. The highest BCUT2D eigenvalue weighted by molar-refractivity contribution is 7.15. The number of hydrogen-bond donors (Lipinski definition) is 0. The van der Waals surface area contributed by atoms with Crippen molar-refractivity contribution in [3.8, 4) is 0 Å². The highest BCUT2D eigenvalue weighted by Crippen LogP contribution is 2.24. The minimum Gasteiger partial charge on any atom is -0.377 e. The Morgan fingerprint density at radius 3 is 3.15 bits per heavy atom. The Kier molecular flexibility index (Phi) is 2.51. The third-order valence-corrected chi connectivity index (χ3v) is 3.17. The monoisotopic (exact) mass is 198 g/mol. The van der Waals surface area contributed by atoms with Crippen LogP contribution in [0.3, 0.4) is 0 Å². The summed E-state index contributed by atoms with van der Waals surface area (Å²) in [5.41, 5.74) is 0. The number of morpholine rings is 1. The number of hydrogen-bond acceptors (Lipinski definition) is 4. The van der Waals surface area contributed by atoms with Gasteiger partial charge in [0.1, 0.15) is 0 Å². The molecular formula is C9H14N2OS. The summed E-state index contributed by atoms with van der Waals surface area (Å²) in [5.74, 6) is 0. The average Bonchev–Trinajstić information content (AvgIpc) is 2.53. The van der Waals surface area contributed by atoms with Crippen LogP contribution in [0.25, 0.3) is 0 Å². The summed E-state index contributed by atoms with van der Waals surface area (Å²) in [6.45, 7) is 6.87. The van der Waals surface area contributed by atoms with Crippen molar-refractivity contribution in [1.82, 2.24) is 4.98 Å². The van der Waals surface area contributed by atoms with E-state index in [9.17, 15) is 0 Å². The van der Waals surface area contributed by atoms with Crippen LogP contribution >= 0.6 is 11.3 Å². The second-order valence-electron chi connectivity index (χ2n) is 3.37. The van der Waals surface area contributed by atoms with Gasteiger partial charge in [0.15, 0.2) is 5.13 Å². The molecule has 3 nitrogen and oxygen atoms in total. The lowest BCUT2D eigenvalue weighted by Gasteiger charge is -2.32. The Morgan fingerprint density at radius 2 is 2.54 bits per heavy atom. The lowest BCUT2D eigenvalue weighted by atomic mass is 10.3. The van der Waals surface area contributed by atoms with Gasteiger partial charge < -0.3 is 9.64 Å². The van der Waals surface area contributed by atoms with Crippen LogP contribution in [-0.2, 0) is 4.74 Å². The molecule has 2 rings (SSSR count). The maximum Gasteiger partial charge on any atom is 0.185 e. The lowest BCUT2D eigenvalue weighted by molar-refractivity contribution is 0.0989. The Labute approximate surface area is 82.3 Å². The van der Waals surface area contributed by atoms with Gasteiger partial charge in [0.25, 0.3) is 0 Å². The Balaban J connectivity index is 2.14. The molecule has 0 spiro atoms. The van der Waals surface area contributed by atoms with Gasteiger partial charge >= 0.3 is 0 Å². The van der Waals surface area contributed by atoms with Crippen LogP contribution in [0.1, 0.15) is 11.8 Å². The van der Waals surface area contributed by atoms with Gasteiger partial charge in [0, 0.05) is 17.6 Å². The summed E-state index contributed by atoms with van der Waals surface area (Å²) in [4.78, 5) is 7.97. The molecule has 0 unspecified atom stereocenters. The predicted molar refractivity (Wildman–Crippen MR) is 54.5 cm³/mol. The molecule has 0 saturated carbocycles. The maximum atomic E-state index is 5.38. The van der Waals surface area contributed by atoms with E-state index in [4.69, 9.17) is 4.74 Å². The second kappa shape index (κ2) is 3.64. The number of rotatable bonds is 1. The first-order valence-electron chi connectivity index (χ1n) is 4.54.